The molecule has 0 fully saturated rings. The fourth-order valence-corrected chi connectivity index (χ4v) is 1.70. The van der Waals surface area contributed by atoms with Gasteiger partial charge in [0.1, 0.15) is 0 Å². The zero-order valence-corrected chi connectivity index (χ0v) is 14.0. The molecule has 126 valence electrons. The second kappa shape index (κ2) is 8.31. The zero-order valence-electron chi connectivity index (χ0n) is 14.0. The lowest BCUT2D eigenvalue weighted by Gasteiger charge is -2.16. The van der Waals surface area contributed by atoms with E-state index in [2.05, 4.69) is 10.5 Å². The van der Waals surface area contributed by atoms with E-state index in [1.807, 2.05) is 24.3 Å². The van der Waals surface area contributed by atoms with Crippen LogP contribution in [-0.4, -0.2) is 35.3 Å². The van der Waals surface area contributed by atoms with Crippen molar-refractivity contribution in [2.75, 3.05) is 7.05 Å². The van der Waals surface area contributed by atoms with Crippen LogP contribution in [0.5, 0.6) is 0 Å². The number of carbonyl (C=O) groups is 2. The smallest absolute Gasteiger partial charge is 0.350 e. The first kappa shape index (κ1) is 18.7. The summed E-state index contributed by atoms with van der Waals surface area (Å²) >= 11 is 0. The Hall–Kier alpha value is -2.37. The third-order valence-corrected chi connectivity index (χ3v) is 3.39. The van der Waals surface area contributed by atoms with Gasteiger partial charge in [-0.2, -0.15) is 0 Å². The number of amides is 1. The van der Waals surface area contributed by atoms with Crippen molar-refractivity contribution in [3.05, 3.63) is 35.4 Å². The number of benzene rings is 1. The highest BCUT2D eigenvalue weighted by atomic mass is 16.7. The Morgan fingerprint density at radius 2 is 1.78 bits per heavy atom. The van der Waals surface area contributed by atoms with Gasteiger partial charge in [0.05, 0.1) is 12.1 Å². The summed E-state index contributed by atoms with van der Waals surface area (Å²) in [5.41, 5.74) is 1.49. The normalized spacial score (nSPS) is 11.9. The van der Waals surface area contributed by atoms with Gasteiger partial charge in [-0.15, -0.1) is 0 Å². The molecule has 0 heterocycles. The molecule has 2 N–H and O–H groups in total. The van der Waals surface area contributed by atoms with Gasteiger partial charge in [-0.1, -0.05) is 29.4 Å². The number of oxime groups is 1. The number of aryl methyl sites for hydroxylation is 1. The summed E-state index contributed by atoms with van der Waals surface area (Å²) in [5.74, 6) is -1.07. The number of likely N-dealkylation sites (N-methyl/N-ethyl adjacent to an activating group) is 1. The first-order valence-electron chi connectivity index (χ1n) is 7.48. The van der Waals surface area contributed by atoms with E-state index in [9.17, 15) is 9.59 Å². The van der Waals surface area contributed by atoms with Crippen LogP contribution in [0.4, 0.5) is 0 Å². The van der Waals surface area contributed by atoms with Gasteiger partial charge in [0.2, 0.25) is 11.5 Å². The van der Waals surface area contributed by atoms with Crippen molar-refractivity contribution < 1.29 is 19.5 Å². The van der Waals surface area contributed by atoms with Crippen molar-refractivity contribution in [3.8, 4) is 0 Å². The molecule has 1 aromatic rings. The molecule has 0 aromatic heterocycles. The summed E-state index contributed by atoms with van der Waals surface area (Å²) in [6.45, 7) is 4.71. The first-order valence-corrected chi connectivity index (χ1v) is 7.48. The van der Waals surface area contributed by atoms with Gasteiger partial charge in [0.15, 0.2) is 0 Å². The number of carboxylic acids is 1. The van der Waals surface area contributed by atoms with Gasteiger partial charge in [0.25, 0.3) is 0 Å². The maximum Gasteiger partial charge on any atom is 0.350 e. The highest BCUT2D eigenvalue weighted by Crippen LogP contribution is 2.11. The average Bonchev–Trinajstić information content (AvgIpc) is 2.52. The molecule has 0 radical (unpaired) electrons. The molecule has 6 heteroatoms. The third kappa shape index (κ3) is 6.50. The minimum atomic E-state index is -1.33. The van der Waals surface area contributed by atoms with Crippen LogP contribution >= 0.6 is 0 Å². The van der Waals surface area contributed by atoms with E-state index in [-0.39, 0.29) is 5.91 Å². The SMILES string of the molecule is CNC(=O)Cc1ccc(CC/C(C)=N/OC(C)(C)C(=O)O)cc1. The molecule has 0 atom stereocenters. The second-order valence-electron chi connectivity index (χ2n) is 5.90. The minimum Gasteiger partial charge on any atom is -0.478 e. The van der Waals surface area contributed by atoms with Crippen molar-refractivity contribution in [3.63, 3.8) is 0 Å². The molecule has 0 aliphatic heterocycles. The molecule has 0 aliphatic rings. The Kier molecular flexibility index (Phi) is 6.75. The van der Waals surface area contributed by atoms with Gasteiger partial charge in [0, 0.05) is 7.05 Å². The number of carboxylic acid groups (broad SMARTS) is 1. The van der Waals surface area contributed by atoms with E-state index in [0.717, 1.165) is 23.3 Å². The lowest BCUT2D eigenvalue weighted by atomic mass is 10.0. The van der Waals surface area contributed by atoms with Gasteiger partial charge in [-0.3, -0.25) is 4.79 Å². The zero-order chi connectivity index (χ0) is 17.5. The molecule has 1 aromatic carbocycles. The molecule has 23 heavy (non-hydrogen) atoms. The number of rotatable bonds is 8. The van der Waals surface area contributed by atoms with Crippen molar-refractivity contribution in [1.82, 2.24) is 5.32 Å². The van der Waals surface area contributed by atoms with Crippen LogP contribution in [0.25, 0.3) is 0 Å². The Bertz CT molecular complexity index is 577. The Balaban J connectivity index is 2.51. The predicted molar refractivity (Wildman–Crippen MR) is 88.4 cm³/mol. The number of carbonyl (C=O) groups excluding carboxylic acids is 1. The quantitative estimate of drug-likeness (QED) is 0.567. The summed E-state index contributed by atoms with van der Waals surface area (Å²) in [6.07, 6.45) is 1.81. The lowest BCUT2D eigenvalue weighted by Crippen LogP contribution is -2.33. The fraction of sp³-hybridized carbons (Fsp3) is 0.471. The van der Waals surface area contributed by atoms with Gasteiger partial charge >= 0.3 is 5.97 Å². The van der Waals surface area contributed by atoms with E-state index < -0.39 is 11.6 Å². The standard InChI is InChI=1S/C17H24N2O4/c1-12(19-23-17(2,3)16(21)22)5-6-13-7-9-14(10-8-13)11-15(20)18-4/h7-10H,5-6,11H2,1-4H3,(H,18,20)(H,21,22)/b19-12+. The monoisotopic (exact) mass is 320 g/mol. The number of nitrogens with one attached hydrogen (secondary N) is 1. The molecule has 1 rings (SSSR count). The summed E-state index contributed by atoms with van der Waals surface area (Å²) in [4.78, 5) is 27.3. The van der Waals surface area contributed by atoms with Gasteiger partial charge < -0.3 is 15.3 Å². The molecule has 6 nitrogen and oxygen atoms in total. The molecule has 1 amide bonds. The van der Waals surface area contributed by atoms with Crippen LogP contribution in [0.1, 0.15) is 38.3 Å². The molecule has 0 bridgehead atoms. The van der Waals surface area contributed by atoms with Crippen molar-refractivity contribution in [1.29, 1.82) is 0 Å². The molecule has 0 spiro atoms. The molecular formula is C17H24N2O4. The topological polar surface area (TPSA) is 88.0 Å². The number of aliphatic carboxylic acids is 1. The maximum absolute atomic E-state index is 11.3. The van der Waals surface area contributed by atoms with E-state index in [4.69, 9.17) is 9.94 Å². The summed E-state index contributed by atoms with van der Waals surface area (Å²) in [5, 5.41) is 15.4. The molecule has 0 aliphatic carbocycles. The Morgan fingerprint density at radius 1 is 1.22 bits per heavy atom. The Morgan fingerprint density at radius 3 is 2.30 bits per heavy atom. The third-order valence-electron chi connectivity index (χ3n) is 3.39. The average molecular weight is 320 g/mol. The largest absolute Gasteiger partial charge is 0.478 e. The highest BCUT2D eigenvalue weighted by molar-refractivity contribution is 5.82. The second-order valence-corrected chi connectivity index (χ2v) is 5.90. The van der Waals surface area contributed by atoms with E-state index in [1.165, 1.54) is 13.8 Å². The van der Waals surface area contributed by atoms with Crippen LogP contribution in [0.2, 0.25) is 0 Å². The molecule has 0 unspecified atom stereocenters. The van der Waals surface area contributed by atoms with Crippen LogP contribution in [-0.2, 0) is 27.3 Å². The molecule has 0 saturated heterocycles. The highest BCUT2D eigenvalue weighted by Gasteiger charge is 2.29. The van der Waals surface area contributed by atoms with E-state index in [0.29, 0.717) is 12.8 Å². The van der Waals surface area contributed by atoms with E-state index in [1.54, 1.807) is 14.0 Å². The number of nitrogens with zero attached hydrogens (tertiary/aromatic N) is 1. The summed E-state index contributed by atoms with van der Waals surface area (Å²) in [7, 11) is 1.62. The van der Waals surface area contributed by atoms with Crippen molar-refractivity contribution in [2.45, 2.75) is 45.6 Å². The fourth-order valence-electron chi connectivity index (χ4n) is 1.70. The Labute approximate surface area is 136 Å². The van der Waals surface area contributed by atoms with Crippen LogP contribution in [0, 0.1) is 0 Å². The molecular weight excluding hydrogens is 296 g/mol. The van der Waals surface area contributed by atoms with Gasteiger partial charge in [-0.05, 0) is 44.7 Å². The first-order chi connectivity index (χ1) is 10.7. The predicted octanol–water partition coefficient (Wildman–Crippen LogP) is 2.16. The minimum absolute atomic E-state index is 0.0149. The number of hydrogen-bond acceptors (Lipinski definition) is 4. The lowest BCUT2D eigenvalue weighted by molar-refractivity contribution is -0.161. The van der Waals surface area contributed by atoms with E-state index >= 15 is 0 Å². The van der Waals surface area contributed by atoms with Crippen LogP contribution in [0.15, 0.2) is 29.4 Å². The van der Waals surface area contributed by atoms with Crippen LogP contribution < -0.4 is 5.32 Å². The van der Waals surface area contributed by atoms with Crippen molar-refractivity contribution >= 4 is 17.6 Å². The maximum atomic E-state index is 11.3. The van der Waals surface area contributed by atoms with Crippen LogP contribution in [0.3, 0.4) is 0 Å². The summed E-state index contributed by atoms with van der Waals surface area (Å²) < 4.78 is 0. The summed E-state index contributed by atoms with van der Waals surface area (Å²) in [6, 6.07) is 7.82. The van der Waals surface area contributed by atoms with Crippen molar-refractivity contribution in [2.24, 2.45) is 5.16 Å². The molecule has 0 saturated carbocycles. The number of hydrogen-bond donors (Lipinski definition) is 2. The van der Waals surface area contributed by atoms with Gasteiger partial charge in [-0.25, -0.2) is 4.79 Å².